The van der Waals surface area contributed by atoms with Crippen molar-refractivity contribution in [3.63, 3.8) is 0 Å². The lowest BCUT2D eigenvalue weighted by Crippen LogP contribution is -2.50. The van der Waals surface area contributed by atoms with Gasteiger partial charge in [-0.1, -0.05) is 37.1 Å². The zero-order chi connectivity index (χ0) is 34.0. The molecule has 3 fully saturated rings. The highest BCUT2D eigenvalue weighted by Gasteiger charge is 2.53. The van der Waals surface area contributed by atoms with Crippen LogP contribution in [-0.4, -0.2) is 60.2 Å². The molecule has 1 unspecified atom stereocenters. The van der Waals surface area contributed by atoms with Gasteiger partial charge in [0.05, 0.1) is 11.5 Å². The fourth-order valence-electron chi connectivity index (χ4n) is 7.92. The van der Waals surface area contributed by atoms with Crippen LogP contribution < -0.4 is 10.1 Å². The van der Waals surface area contributed by atoms with Gasteiger partial charge in [-0.2, -0.15) is 4.58 Å². The molecule has 0 heterocycles. The molecular weight excluding hydrogens is 598 g/mol. The first kappa shape index (κ1) is 34.9. The molecule has 2 aromatic carbocycles. The monoisotopic (exact) mass is 649 g/mol. The Labute approximate surface area is 278 Å². The maximum atomic E-state index is 16.4. The van der Waals surface area contributed by atoms with Gasteiger partial charge in [0.15, 0.2) is 6.54 Å². The van der Waals surface area contributed by atoms with Gasteiger partial charge in [-0.05, 0) is 112 Å². The zero-order valence-electron chi connectivity index (χ0n) is 28.3. The number of alkyl halides is 1. The van der Waals surface area contributed by atoms with Crippen molar-refractivity contribution in [2.24, 2.45) is 11.3 Å². The molecule has 8 heteroatoms. The van der Waals surface area contributed by atoms with Gasteiger partial charge >= 0.3 is 11.9 Å². The van der Waals surface area contributed by atoms with Crippen LogP contribution in [0.25, 0.3) is 11.1 Å². The van der Waals surface area contributed by atoms with Crippen molar-refractivity contribution in [3.8, 4) is 16.9 Å². The Morgan fingerprint density at radius 2 is 1.87 bits per heavy atom. The van der Waals surface area contributed by atoms with Crippen LogP contribution in [0.5, 0.6) is 5.75 Å². The van der Waals surface area contributed by atoms with Gasteiger partial charge in [0.25, 0.3) is 0 Å². The maximum absolute atomic E-state index is 16.4. The zero-order valence-corrected chi connectivity index (χ0v) is 28.3. The standard InChI is InChI=1S/C39H50F2N2O4/c1-6-18-39(41,24-38(25-42-4)19-9-20-38)35(44)43(5)23-26-14-16-29(21-26)47-33-17-15-28(37(2,3)36(45)46)22-31(33)30-12-8-13-32(40)34(30)27-10-7-11-27/h6,8,12-13,15,17,22,26-27,29,42H,1,5,7,9-11,14,16,18-21,23-25H2,2-4H3/p+1/t26?,29-,39-/m1/s1. The van der Waals surface area contributed by atoms with Crippen LogP contribution in [0.1, 0.15) is 102 Å². The Bertz CT molecular complexity index is 1510. The summed E-state index contributed by atoms with van der Waals surface area (Å²) in [6.45, 7) is 12.1. The molecule has 1 amide bonds. The van der Waals surface area contributed by atoms with Crippen LogP contribution in [0.3, 0.4) is 0 Å². The quantitative estimate of drug-likeness (QED) is 0.116. The number of carbonyl (C=O) groups excluding carboxylic acids is 1. The van der Waals surface area contributed by atoms with Gasteiger partial charge in [0.1, 0.15) is 18.3 Å². The van der Waals surface area contributed by atoms with E-state index in [1.807, 2.05) is 25.2 Å². The molecule has 0 bridgehead atoms. The molecule has 5 rings (SSSR count). The normalized spacial score (nSPS) is 22.1. The number of aliphatic carboxylic acids is 1. The fourth-order valence-corrected chi connectivity index (χ4v) is 7.92. The molecule has 0 radical (unpaired) electrons. The molecule has 254 valence electrons. The highest BCUT2D eigenvalue weighted by Crippen LogP contribution is 2.49. The van der Waals surface area contributed by atoms with E-state index in [1.54, 1.807) is 26.0 Å². The first-order valence-corrected chi connectivity index (χ1v) is 17.2. The van der Waals surface area contributed by atoms with E-state index >= 15 is 8.78 Å². The summed E-state index contributed by atoms with van der Waals surface area (Å²) in [6, 6.07) is 10.5. The van der Waals surface area contributed by atoms with Crippen molar-refractivity contribution in [1.29, 1.82) is 0 Å². The van der Waals surface area contributed by atoms with Crippen molar-refractivity contribution >= 4 is 18.6 Å². The average Bonchev–Trinajstić information content (AvgIpc) is 3.42. The number of ether oxygens (including phenoxy) is 1. The molecule has 0 saturated heterocycles. The Balaban J connectivity index is 1.34. The number of carbonyl (C=O) groups is 2. The highest BCUT2D eigenvalue weighted by molar-refractivity contribution is 5.83. The molecule has 0 spiro atoms. The SMILES string of the molecule is C=CC[C@@](F)(CC1(CNC)CCC1)C(=O)[N+](=C)CC1CC[C@@H](Oc2ccc(C(C)(C)C(=O)O)cc2-c2cccc(F)c2C2CCC2)C1. The smallest absolute Gasteiger partial charge is 0.424 e. The Hall–Kier alpha value is -3.39. The van der Waals surface area contributed by atoms with Crippen LogP contribution in [0.4, 0.5) is 8.78 Å². The van der Waals surface area contributed by atoms with Crippen molar-refractivity contribution < 1.29 is 32.8 Å². The minimum Gasteiger partial charge on any atom is -0.490 e. The largest absolute Gasteiger partial charge is 0.490 e. The second-order valence-corrected chi connectivity index (χ2v) is 14.9. The third kappa shape index (κ3) is 7.23. The van der Waals surface area contributed by atoms with Gasteiger partial charge in [-0.15, -0.1) is 6.58 Å². The van der Waals surface area contributed by atoms with Gasteiger partial charge in [-0.25, -0.2) is 13.6 Å². The van der Waals surface area contributed by atoms with Crippen molar-refractivity contribution in [1.82, 2.24) is 5.32 Å². The molecule has 2 aromatic rings. The molecule has 47 heavy (non-hydrogen) atoms. The number of nitrogens with zero attached hydrogens (tertiary/aromatic N) is 1. The van der Waals surface area contributed by atoms with E-state index in [0.29, 0.717) is 42.0 Å². The Morgan fingerprint density at radius 1 is 1.13 bits per heavy atom. The predicted molar refractivity (Wildman–Crippen MR) is 182 cm³/mol. The third-order valence-corrected chi connectivity index (χ3v) is 11.1. The molecule has 0 aliphatic heterocycles. The fraction of sp³-hybridized carbons (Fsp3) is 0.564. The van der Waals surface area contributed by atoms with Gasteiger partial charge in [0.2, 0.25) is 5.67 Å². The number of carboxylic acid groups (broad SMARTS) is 1. The summed E-state index contributed by atoms with van der Waals surface area (Å²) < 4.78 is 39.7. The Morgan fingerprint density at radius 3 is 2.47 bits per heavy atom. The van der Waals surface area contributed by atoms with Crippen LogP contribution in [0, 0.1) is 17.2 Å². The second kappa shape index (κ2) is 14.0. The minimum atomic E-state index is -2.04. The van der Waals surface area contributed by atoms with Crippen molar-refractivity contribution in [2.45, 2.75) is 108 Å². The number of allylic oxidation sites excluding steroid dienone is 1. The molecule has 6 nitrogen and oxygen atoms in total. The van der Waals surface area contributed by atoms with Gasteiger partial charge in [-0.3, -0.25) is 4.79 Å². The average molecular weight is 650 g/mol. The van der Waals surface area contributed by atoms with Crippen molar-refractivity contribution in [2.75, 3.05) is 20.1 Å². The summed E-state index contributed by atoms with van der Waals surface area (Å²) in [5.74, 6) is -1.00. The third-order valence-electron chi connectivity index (χ3n) is 11.1. The summed E-state index contributed by atoms with van der Waals surface area (Å²) in [5, 5.41) is 13.1. The first-order valence-electron chi connectivity index (χ1n) is 17.2. The topological polar surface area (TPSA) is 78.6 Å². The van der Waals surface area contributed by atoms with Crippen LogP contribution in [0.15, 0.2) is 49.1 Å². The molecule has 3 atom stereocenters. The van der Waals surface area contributed by atoms with E-state index in [2.05, 4.69) is 18.6 Å². The van der Waals surface area contributed by atoms with E-state index < -0.39 is 23.0 Å². The number of nitrogens with one attached hydrogen (secondary N) is 1. The number of amides is 1. The predicted octanol–water partition coefficient (Wildman–Crippen LogP) is 7.97. The van der Waals surface area contributed by atoms with Gasteiger partial charge in [0, 0.05) is 30.9 Å². The van der Waals surface area contributed by atoms with Crippen LogP contribution >= 0.6 is 0 Å². The highest BCUT2D eigenvalue weighted by atomic mass is 19.1. The molecule has 0 aromatic heterocycles. The van der Waals surface area contributed by atoms with Crippen molar-refractivity contribution in [3.05, 3.63) is 66.0 Å². The number of hydrogen-bond acceptors (Lipinski definition) is 4. The van der Waals surface area contributed by atoms with Crippen LogP contribution in [0.2, 0.25) is 0 Å². The number of hydrogen-bond donors (Lipinski definition) is 2. The minimum absolute atomic E-state index is 0.0416. The lowest BCUT2D eigenvalue weighted by Gasteiger charge is -2.44. The number of rotatable bonds is 15. The molecule has 3 aliphatic rings. The number of benzene rings is 2. The summed E-state index contributed by atoms with van der Waals surface area (Å²) >= 11 is 0. The maximum Gasteiger partial charge on any atom is 0.424 e. The second-order valence-electron chi connectivity index (χ2n) is 14.9. The number of carboxylic acids is 1. The van der Waals surface area contributed by atoms with E-state index in [4.69, 9.17) is 4.74 Å². The summed E-state index contributed by atoms with van der Waals surface area (Å²) in [5.41, 5.74) is -0.713. The lowest BCUT2D eigenvalue weighted by molar-refractivity contribution is -0.457. The molecule has 3 saturated carbocycles. The van der Waals surface area contributed by atoms with E-state index in [-0.39, 0.29) is 42.0 Å². The van der Waals surface area contributed by atoms with Gasteiger partial charge < -0.3 is 15.2 Å². The van der Waals surface area contributed by atoms with Crippen LogP contribution in [-0.2, 0) is 15.0 Å². The summed E-state index contributed by atoms with van der Waals surface area (Å²) in [6.07, 6.45) is 9.36. The van der Waals surface area contributed by atoms with E-state index in [9.17, 15) is 14.7 Å². The molecule has 3 aliphatic carbocycles. The summed E-state index contributed by atoms with van der Waals surface area (Å²) in [4.78, 5) is 25.7. The van der Waals surface area contributed by atoms with E-state index in [1.165, 1.54) is 16.7 Å². The Kier molecular flexibility index (Phi) is 10.4. The lowest BCUT2D eigenvalue weighted by atomic mass is 9.63. The summed E-state index contributed by atoms with van der Waals surface area (Å²) in [7, 11) is 1.86. The van der Waals surface area contributed by atoms with E-state index in [0.717, 1.165) is 56.9 Å². The first-order chi connectivity index (χ1) is 22.3. The molecular formula is C39H51F2N2O4+. The molecule has 2 N–H and O–H groups in total. The number of halogens is 2.